The number of fused-ring (bicyclic) bond motifs is 3. The smallest absolute Gasteiger partial charge is 0.213 e. The lowest BCUT2D eigenvalue weighted by atomic mass is 9.96. The third kappa shape index (κ3) is 2.56. The van der Waals surface area contributed by atoms with Crippen molar-refractivity contribution in [1.29, 1.82) is 0 Å². The van der Waals surface area contributed by atoms with Gasteiger partial charge in [-0.3, -0.25) is 0 Å². The molecule has 3 nitrogen and oxygen atoms in total. The van der Waals surface area contributed by atoms with Crippen LogP contribution in [0, 0.1) is 0 Å². The zero-order valence-corrected chi connectivity index (χ0v) is 14.8. The molecule has 0 saturated heterocycles. The fourth-order valence-corrected chi connectivity index (χ4v) is 3.81. The van der Waals surface area contributed by atoms with Crippen LogP contribution in [0.15, 0.2) is 84.0 Å². The molecule has 0 fully saturated rings. The van der Waals surface area contributed by atoms with Gasteiger partial charge in [-0.2, -0.15) is 5.10 Å². The fourth-order valence-electron chi connectivity index (χ4n) is 3.69. The molecule has 3 aromatic rings. The average molecular weight is 361 g/mol. The molecule has 26 heavy (non-hydrogen) atoms. The largest absolute Gasteiger partial charge is 0.464 e. The van der Waals surface area contributed by atoms with Crippen LogP contribution < -0.4 is 4.74 Å². The summed E-state index contributed by atoms with van der Waals surface area (Å²) in [6.07, 6.45) is 0.613. The van der Waals surface area contributed by atoms with E-state index in [-0.39, 0.29) is 12.3 Å². The summed E-state index contributed by atoms with van der Waals surface area (Å²) in [4.78, 5) is 0. The molecular formula is C22H17ClN2O. The zero-order valence-electron chi connectivity index (χ0n) is 14.0. The second kappa shape index (κ2) is 6.19. The molecule has 0 unspecified atom stereocenters. The molecule has 5 rings (SSSR count). The van der Waals surface area contributed by atoms with E-state index in [0.29, 0.717) is 0 Å². The molecule has 2 heterocycles. The van der Waals surface area contributed by atoms with Crippen LogP contribution in [-0.2, 0) is 0 Å². The number of nitrogens with zero attached hydrogens (tertiary/aromatic N) is 2. The van der Waals surface area contributed by atoms with Gasteiger partial charge in [-0.05, 0) is 23.8 Å². The zero-order chi connectivity index (χ0) is 17.5. The minimum absolute atomic E-state index is 0.177. The van der Waals surface area contributed by atoms with E-state index in [2.05, 4.69) is 41.4 Å². The number of hydrogen-bond acceptors (Lipinski definition) is 3. The van der Waals surface area contributed by atoms with Gasteiger partial charge in [-0.1, -0.05) is 72.3 Å². The van der Waals surface area contributed by atoms with E-state index >= 15 is 0 Å². The Bertz CT molecular complexity index is 969. The molecule has 0 aliphatic carbocycles. The van der Waals surface area contributed by atoms with Gasteiger partial charge in [0.15, 0.2) is 0 Å². The van der Waals surface area contributed by atoms with Crippen LogP contribution in [0.25, 0.3) is 0 Å². The molecule has 128 valence electrons. The number of hydrogen-bond donors (Lipinski definition) is 0. The Hall–Kier alpha value is -2.78. The lowest BCUT2D eigenvalue weighted by molar-refractivity contribution is -0.0190. The normalized spacial score (nSPS) is 20.8. The van der Waals surface area contributed by atoms with Crippen LogP contribution in [0.2, 0.25) is 5.02 Å². The summed E-state index contributed by atoms with van der Waals surface area (Å²) in [5.74, 6) is 0.929. The molecule has 2 aliphatic heterocycles. The SMILES string of the molecule is Clc1ccc([C@@H]2Oc3ccccc3[C@H]3CC(c4ccccc4)=NN32)cc1. The fraction of sp³-hybridized carbons (Fsp3) is 0.136. The highest BCUT2D eigenvalue weighted by Gasteiger charge is 2.40. The van der Waals surface area contributed by atoms with E-state index in [1.54, 1.807) is 0 Å². The van der Waals surface area contributed by atoms with Crippen molar-refractivity contribution in [2.45, 2.75) is 18.7 Å². The van der Waals surface area contributed by atoms with Crippen molar-refractivity contribution in [3.8, 4) is 5.75 Å². The van der Waals surface area contributed by atoms with Gasteiger partial charge in [0.25, 0.3) is 0 Å². The summed E-state index contributed by atoms with van der Waals surface area (Å²) in [6.45, 7) is 0. The van der Waals surface area contributed by atoms with Crippen molar-refractivity contribution in [3.05, 3.63) is 101 Å². The summed E-state index contributed by atoms with van der Waals surface area (Å²) in [6, 6.07) is 26.6. The number of benzene rings is 3. The number of halogens is 1. The number of para-hydroxylation sites is 1. The van der Waals surface area contributed by atoms with Crippen LogP contribution in [0.3, 0.4) is 0 Å². The van der Waals surface area contributed by atoms with E-state index in [1.807, 2.05) is 42.5 Å². The van der Waals surface area contributed by atoms with Crippen LogP contribution >= 0.6 is 11.6 Å². The predicted octanol–water partition coefficient (Wildman–Crippen LogP) is 5.58. The van der Waals surface area contributed by atoms with Crippen molar-refractivity contribution >= 4 is 17.3 Å². The van der Waals surface area contributed by atoms with Crippen LogP contribution in [0.4, 0.5) is 0 Å². The van der Waals surface area contributed by atoms with Gasteiger partial charge >= 0.3 is 0 Å². The van der Waals surface area contributed by atoms with Crippen LogP contribution in [-0.4, -0.2) is 10.7 Å². The first kappa shape index (κ1) is 15.5. The van der Waals surface area contributed by atoms with Crippen molar-refractivity contribution in [1.82, 2.24) is 5.01 Å². The van der Waals surface area contributed by atoms with Gasteiger partial charge in [0.2, 0.25) is 6.23 Å². The minimum Gasteiger partial charge on any atom is -0.464 e. The Balaban J connectivity index is 1.60. The van der Waals surface area contributed by atoms with E-state index in [4.69, 9.17) is 21.4 Å². The topological polar surface area (TPSA) is 24.8 Å². The average Bonchev–Trinajstić information content (AvgIpc) is 3.14. The Morgan fingerprint density at radius 3 is 2.42 bits per heavy atom. The highest BCUT2D eigenvalue weighted by Crippen LogP contribution is 2.47. The molecule has 0 amide bonds. The van der Waals surface area contributed by atoms with Crippen LogP contribution in [0.5, 0.6) is 5.75 Å². The van der Waals surface area contributed by atoms with Gasteiger partial charge in [0.1, 0.15) is 5.75 Å². The van der Waals surface area contributed by atoms with Crippen molar-refractivity contribution in [3.63, 3.8) is 0 Å². The highest BCUT2D eigenvalue weighted by atomic mass is 35.5. The summed E-state index contributed by atoms with van der Waals surface area (Å²) < 4.78 is 6.33. The summed E-state index contributed by atoms with van der Waals surface area (Å²) >= 11 is 6.06. The third-order valence-electron chi connectivity index (χ3n) is 4.96. The summed E-state index contributed by atoms with van der Waals surface area (Å²) in [7, 11) is 0. The number of rotatable bonds is 2. The first-order chi connectivity index (χ1) is 12.8. The molecular weight excluding hydrogens is 344 g/mol. The first-order valence-corrected chi connectivity index (χ1v) is 9.10. The van der Waals surface area contributed by atoms with Crippen molar-refractivity contribution < 1.29 is 4.74 Å². The quantitative estimate of drug-likeness (QED) is 0.595. The standard InChI is InChI=1S/C22H17ClN2O/c23-17-12-10-16(11-13-17)22-25-20(18-8-4-5-9-21(18)26-22)14-19(24-25)15-6-2-1-3-7-15/h1-13,20,22H,14H2/t20-,22+/m1/s1. The summed E-state index contributed by atoms with van der Waals surface area (Å²) in [5, 5.41) is 7.76. The van der Waals surface area contributed by atoms with Gasteiger partial charge in [0, 0.05) is 22.6 Å². The monoisotopic (exact) mass is 360 g/mol. The summed E-state index contributed by atoms with van der Waals surface area (Å²) in [5.41, 5.74) is 4.49. The number of ether oxygens (including phenoxy) is 1. The minimum atomic E-state index is -0.256. The molecule has 2 atom stereocenters. The molecule has 0 spiro atoms. The van der Waals surface area contributed by atoms with Crippen LogP contribution in [0.1, 0.15) is 35.4 Å². The second-order valence-electron chi connectivity index (χ2n) is 6.57. The lowest BCUT2D eigenvalue weighted by Crippen LogP contribution is -2.33. The number of hydrazone groups is 1. The van der Waals surface area contributed by atoms with Gasteiger partial charge < -0.3 is 4.74 Å². The van der Waals surface area contributed by atoms with E-state index < -0.39 is 0 Å². The van der Waals surface area contributed by atoms with Gasteiger partial charge in [-0.25, -0.2) is 5.01 Å². The van der Waals surface area contributed by atoms with E-state index in [9.17, 15) is 0 Å². The second-order valence-corrected chi connectivity index (χ2v) is 7.01. The third-order valence-corrected chi connectivity index (χ3v) is 5.21. The highest BCUT2D eigenvalue weighted by molar-refractivity contribution is 6.30. The Morgan fingerprint density at radius 2 is 1.62 bits per heavy atom. The predicted molar refractivity (Wildman–Crippen MR) is 103 cm³/mol. The molecule has 3 aromatic carbocycles. The molecule has 0 aromatic heterocycles. The van der Waals surface area contributed by atoms with Gasteiger partial charge in [0.05, 0.1) is 11.8 Å². The first-order valence-electron chi connectivity index (χ1n) is 8.72. The molecule has 2 aliphatic rings. The Kier molecular flexibility index (Phi) is 3.68. The van der Waals surface area contributed by atoms with Crippen molar-refractivity contribution in [2.24, 2.45) is 5.10 Å². The van der Waals surface area contributed by atoms with Gasteiger partial charge in [-0.15, -0.1) is 0 Å². The maximum atomic E-state index is 6.33. The molecule has 0 radical (unpaired) electrons. The molecule has 0 N–H and O–H groups in total. The Morgan fingerprint density at radius 1 is 0.885 bits per heavy atom. The molecule has 0 bridgehead atoms. The molecule has 0 saturated carbocycles. The molecule has 4 heteroatoms. The van der Waals surface area contributed by atoms with Crippen molar-refractivity contribution in [2.75, 3.05) is 0 Å². The van der Waals surface area contributed by atoms with E-state index in [0.717, 1.165) is 34.0 Å². The Labute approximate surface area is 157 Å². The lowest BCUT2D eigenvalue weighted by Gasteiger charge is -2.38. The maximum Gasteiger partial charge on any atom is 0.213 e. The van der Waals surface area contributed by atoms with E-state index in [1.165, 1.54) is 5.56 Å². The maximum absolute atomic E-state index is 6.33.